The van der Waals surface area contributed by atoms with Crippen LogP contribution in [0.5, 0.6) is 0 Å². The molecule has 0 aliphatic rings. The summed E-state index contributed by atoms with van der Waals surface area (Å²) in [6.45, 7) is -0.464. The zero-order valence-electron chi connectivity index (χ0n) is 13.5. The van der Waals surface area contributed by atoms with Gasteiger partial charge in [0.1, 0.15) is 5.82 Å². The third-order valence-corrected chi connectivity index (χ3v) is 5.04. The summed E-state index contributed by atoms with van der Waals surface area (Å²) in [5, 5.41) is 3.20. The van der Waals surface area contributed by atoms with E-state index in [9.17, 15) is 14.0 Å². The number of anilines is 1. The van der Waals surface area contributed by atoms with Crippen LogP contribution >= 0.6 is 27.3 Å². The van der Waals surface area contributed by atoms with Gasteiger partial charge in [-0.1, -0.05) is 28.1 Å². The van der Waals surface area contributed by atoms with Crippen molar-refractivity contribution in [3.63, 3.8) is 0 Å². The van der Waals surface area contributed by atoms with E-state index >= 15 is 0 Å². The molecule has 8 heteroatoms. The fourth-order valence-corrected chi connectivity index (χ4v) is 3.53. The number of hydrogen-bond donors (Lipinski definition) is 1. The standard InChI is InChI=1S/C18H14BrFN2O3S/c19-11-5-6-13(12(20)9-11)21-16(23)10-25-18(24)8-7-17-22-14-3-1-2-4-15(14)26-17/h1-6,9H,7-8,10H2,(H,21,23). The van der Waals surface area contributed by atoms with Crippen LogP contribution in [0.2, 0.25) is 0 Å². The van der Waals surface area contributed by atoms with Gasteiger partial charge < -0.3 is 10.1 Å². The molecule has 26 heavy (non-hydrogen) atoms. The molecule has 1 N–H and O–H groups in total. The van der Waals surface area contributed by atoms with Gasteiger partial charge in [-0.15, -0.1) is 11.3 Å². The Hall–Kier alpha value is -2.32. The second kappa shape index (κ2) is 8.37. The topological polar surface area (TPSA) is 68.3 Å². The number of aryl methyl sites for hydroxylation is 1. The maximum atomic E-state index is 13.6. The quantitative estimate of drug-likeness (QED) is 0.584. The van der Waals surface area contributed by atoms with Crippen molar-refractivity contribution in [2.45, 2.75) is 12.8 Å². The van der Waals surface area contributed by atoms with E-state index in [2.05, 4.69) is 26.2 Å². The van der Waals surface area contributed by atoms with Gasteiger partial charge in [-0.2, -0.15) is 0 Å². The summed E-state index contributed by atoms with van der Waals surface area (Å²) < 4.78 is 20.2. The highest BCUT2D eigenvalue weighted by Gasteiger charge is 2.12. The van der Waals surface area contributed by atoms with E-state index in [1.165, 1.54) is 23.5 Å². The number of nitrogens with one attached hydrogen (secondary N) is 1. The van der Waals surface area contributed by atoms with Crippen LogP contribution in [0.1, 0.15) is 11.4 Å². The lowest BCUT2D eigenvalue weighted by Gasteiger charge is -2.07. The fraction of sp³-hybridized carbons (Fsp3) is 0.167. The van der Waals surface area contributed by atoms with Crippen molar-refractivity contribution in [2.24, 2.45) is 0 Å². The molecule has 0 bridgehead atoms. The molecule has 3 aromatic rings. The molecule has 3 rings (SSSR count). The lowest BCUT2D eigenvalue weighted by Crippen LogP contribution is -2.21. The number of nitrogens with zero attached hydrogens (tertiary/aromatic N) is 1. The molecule has 134 valence electrons. The molecule has 1 amide bonds. The van der Waals surface area contributed by atoms with Gasteiger partial charge in [0, 0.05) is 10.9 Å². The number of benzene rings is 2. The Morgan fingerprint density at radius 3 is 2.81 bits per heavy atom. The van der Waals surface area contributed by atoms with Crippen LogP contribution in [-0.2, 0) is 20.7 Å². The number of carbonyl (C=O) groups is 2. The van der Waals surface area contributed by atoms with Gasteiger partial charge in [0.05, 0.1) is 27.3 Å². The minimum Gasteiger partial charge on any atom is -0.456 e. The molecule has 0 saturated heterocycles. The average Bonchev–Trinajstić information content (AvgIpc) is 3.03. The Labute approximate surface area is 161 Å². The first-order valence-corrected chi connectivity index (χ1v) is 9.37. The zero-order valence-corrected chi connectivity index (χ0v) is 15.9. The molecular formula is C18H14BrFN2O3S. The second-order valence-electron chi connectivity index (χ2n) is 5.41. The van der Waals surface area contributed by atoms with Crippen LogP contribution in [-0.4, -0.2) is 23.5 Å². The predicted octanol–water partition coefficient (Wildman–Crippen LogP) is 4.31. The summed E-state index contributed by atoms with van der Waals surface area (Å²) in [5.41, 5.74) is 0.931. The summed E-state index contributed by atoms with van der Waals surface area (Å²) in [4.78, 5) is 28.0. The van der Waals surface area contributed by atoms with Gasteiger partial charge in [-0.05, 0) is 30.3 Å². The van der Waals surface area contributed by atoms with E-state index in [0.29, 0.717) is 10.9 Å². The molecule has 0 unspecified atom stereocenters. The predicted molar refractivity (Wildman–Crippen MR) is 102 cm³/mol. The summed E-state index contributed by atoms with van der Waals surface area (Å²) in [7, 11) is 0. The van der Waals surface area contributed by atoms with E-state index in [4.69, 9.17) is 4.74 Å². The molecule has 2 aromatic carbocycles. The lowest BCUT2D eigenvalue weighted by atomic mass is 10.3. The number of fused-ring (bicyclic) bond motifs is 1. The number of rotatable bonds is 6. The van der Waals surface area contributed by atoms with E-state index < -0.39 is 24.3 Å². The van der Waals surface area contributed by atoms with Crippen molar-refractivity contribution < 1.29 is 18.7 Å². The number of aromatic nitrogens is 1. The number of ether oxygens (including phenoxy) is 1. The largest absolute Gasteiger partial charge is 0.456 e. The van der Waals surface area contributed by atoms with Crippen molar-refractivity contribution >= 4 is 55.0 Å². The zero-order chi connectivity index (χ0) is 18.5. The molecule has 0 fully saturated rings. The Bertz CT molecular complexity index is 928. The number of carbonyl (C=O) groups excluding carboxylic acids is 2. The van der Waals surface area contributed by atoms with Crippen LogP contribution in [0, 0.1) is 5.82 Å². The van der Waals surface area contributed by atoms with Crippen molar-refractivity contribution in [3.8, 4) is 0 Å². The number of halogens is 2. The van der Waals surface area contributed by atoms with Crippen molar-refractivity contribution in [2.75, 3.05) is 11.9 Å². The summed E-state index contributed by atoms with van der Waals surface area (Å²) in [6.07, 6.45) is 0.570. The first kappa shape index (κ1) is 18.5. The van der Waals surface area contributed by atoms with Crippen LogP contribution in [0.3, 0.4) is 0 Å². The van der Waals surface area contributed by atoms with Gasteiger partial charge in [-0.25, -0.2) is 9.37 Å². The first-order valence-electron chi connectivity index (χ1n) is 7.76. The Balaban J connectivity index is 1.45. The minimum absolute atomic E-state index is 0.0312. The Morgan fingerprint density at radius 1 is 1.23 bits per heavy atom. The maximum Gasteiger partial charge on any atom is 0.306 e. The third kappa shape index (κ3) is 4.86. The molecule has 1 heterocycles. The van der Waals surface area contributed by atoms with Gasteiger partial charge >= 0.3 is 5.97 Å². The van der Waals surface area contributed by atoms with Crippen molar-refractivity contribution in [1.29, 1.82) is 0 Å². The molecule has 5 nitrogen and oxygen atoms in total. The number of hydrogen-bond acceptors (Lipinski definition) is 5. The number of esters is 1. The van der Waals surface area contributed by atoms with Crippen LogP contribution in [0.4, 0.5) is 10.1 Å². The van der Waals surface area contributed by atoms with E-state index in [0.717, 1.165) is 15.2 Å². The Morgan fingerprint density at radius 2 is 2.04 bits per heavy atom. The number of thiazole rings is 1. The SMILES string of the molecule is O=C(COC(=O)CCc1nc2ccccc2s1)Nc1ccc(Br)cc1F. The summed E-state index contributed by atoms with van der Waals surface area (Å²) in [6, 6.07) is 12.0. The fourth-order valence-electron chi connectivity index (χ4n) is 2.23. The second-order valence-corrected chi connectivity index (χ2v) is 7.44. The van der Waals surface area contributed by atoms with Crippen molar-refractivity contribution in [1.82, 2.24) is 4.98 Å². The van der Waals surface area contributed by atoms with E-state index in [1.807, 2.05) is 24.3 Å². The normalized spacial score (nSPS) is 10.7. The van der Waals surface area contributed by atoms with Crippen LogP contribution in [0.15, 0.2) is 46.9 Å². The smallest absolute Gasteiger partial charge is 0.306 e. The molecular weight excluding hydrogens is 423 g/mol. The van der Waals surface area contributed by atoms with Crippen molar-refractivity contribution in [3.05, 3.63) is 57.8 Å². The van der Waals surface area contributed by atoms with Gasteiger partial charge in [-0.3, -0.25) is 9.59 Å². The molecule has 0 spiro atoms. The van der Waals surface area contributed by atoms with Crippen LogP contribution < -0.4 is 5.32 Å². The Kier molecular flexibility index (Phi) is 5.95. The highest BCUT2D eigenvalue weighted by molar-refractivity contribution is 9.10. The van der Waals surface area contributed by atoms with Gasteiger partial charge in [0.2, 0.25) is 0 Å². The average molecular weight is 437 g/mol. The number of amides is 1. The maximum absolute atomic E-state index is 13.6. The minimum atomic E-state index is -0.598. The highest BCUT2D eigenvalue weighted by atomic mass is 79.9. The van der Waals surface area contributed by atoms with Gasteiger partial charge in [0.15, 0.2) is 6.61 Å². The first-order chi connectivity index (χ1) is 12.5. The summed E-state index contributed by atoms with van der Waals surface area (Å²) >= 11 is 4.66. The third-order valence-electron chi connectivity index (χ3n) is 3.45. The van der Waals surface area contributed by atoms with E-state index in [-0.39, 0.29) is 12.1 Å². The highest BCUT2D eigenvalue weighted by Crippen LogP contribution is 2.22. The summed E-state index contributed by atoms with van der Waals surface area (Å²) in [5.74, 6) is -1.68. The molecule has 0 aliphatic carbocycles. The lowest BCUT2D eigenvalue weighted by molar-refractivity contribution is -0.147. The van der Waals surface area contributed by atoms with Gasteiger partial charge in [0.25, 0.3) is 5.91 Å². The van der Waals surface area contributed by atoms with Crippen LogP contribution in [0.25, 0.3) is 10.2 Å². The molecule has 0 saturated carbocycles. The molecule has 0 atom stereocenters. The monoisotopic (exact) mass is 436 g/mol. The number of para-hydroxylation sites is 1. The molecule has 0 radical (unpaired) electrons. The van der Waals surface area contributed by atoms with E-state index in [1.54, 1.807) is 6.07 Å². The molecule has 1 aromatic heterocycles. The molecule has 0 aliphatic heterocycles.